The largest absolute Gasteiger partial charge is 0.356 e. The first-order chi connectivity index (χ1) is 14.6. The molecule has 0 saturated carbocycles. The molecule has 2 saturated heterocycles. The fourth-order valence-corrected chi connectivity index (χ4v) is 4.57. The Bertz CT molecular complexity index is 852. The van der Waals surface area contributed by atoms with Gasteiger partial charge in [0.2, 0.25) is 5.95 Å². The van der Waals surface area contributed by atoms with Crippen molar-refractivity contribution >= 4 is 34.9 Å². The third kappa shape index (κ3) is 5.19. The molecule has 3 heterocycles. The Labute approximate surface area is 185 Å². The highest BCUT2D eigenvalue weighted by molar-refractivity contribution is 7.80. The molecule has 0 aliphatic carbocycles. The van der Waals surface area contributed by atoms with Gasteiger partial charge in [-0.15, -0.1) is 0 Å². The van der Waals surface area contributed by atoms with Crippen LogP contribution < -0.4 is 20.4 Å². The molecule has 160 valence electrons. The minimum absolute atomic E-state index is 0.107. The SMILES string of the molecule is C[C@H]1CCCN(c2cc(N3CCCC3)nc(NC(=S)N[C@@H](C)c3ccccc3)n2)C1. The normalized spacial score (nSPS) is 20.1. The third-order valence-electron chi connectivity index (χ3n) is 5.98. The lowest BCUT2D eigenvalue weighted by Gasteiger charge is -2.32. The van der Waals surface area contributed by atoms with Crippen LogP contribution in [0.25, 0.3) is 0 Å². The van der Waals surface area contributed by atoms with Gasteiger partial charge in [-0.25, -0.2) is 0 Å². The standard InChI is InChI=1S/C23H32N6S/c1-17-9-8-14-29(16-17)21-15-20(28-12-6-7-13-28)25-22(26-21)27-23(30)24-18(2)19-10-4-3-5-11-19/h3-5,10-11,15,17-18H,6-9,12-14,16H2,1-2H3,(H2,24,25,26,27,30)/t17-,18-/m0/s1. The van der Waals surface area contributed by atoms with Crippen LogP contribution in [0.3, 0.4) is 0 Å². The number of rotatable bonds is 5. The predicted octanol–water partition coefficient (Wildman–Crippen LogP) is 4.36. The summed E-state index contributed by atoms with van der Waals surface area (Å²) in [6.45, 7) is 8.63. The van der Waals surface area contributed by atoms with E-state index in [2.05, 4.69) is 52.5 Å². The van der Waals surface area contributed by atoms with Crippen molar-refractivity contribution in [3.05, 3.63) is 42.0 Å². The summed E-state index contributed by atoms with van der Waals surface area (Å²) in [5.41, 5.74) is 1.19. The fraction of sp³-hybridized carbons (Fsp3) is 0.522. The summed E-state index contributed by atoms with van der Waals surface area (Å²) in [5, 5.41) is 7.14. The smallest absolute Gasteiger partial charge is 0.232 e. The maximum Gasteiger partial charge on any atom is 0.232 e. The lowest BCUT2D eigenvalue weighted by molar-refractivity contribution is 0.444. The van der Waals surface area contributed by atoms with Crippen molar-refractivity contribution in [3.63, 3.8) is 0 Å². The monoisotopic (exact) mass is 424 g/mol. The van der Waals surface area contributed by atoms with E-state index in [4.69, 9.17) is 22.2 Å². The molecule has 2 fully saturated rings. The van der Waals surface area contributed by atoms with E-state index in [1.807, 2.05) is 18.2 Å². The van der Waals surface area contributed by atoms with Crippen LogP contribution >= 0.6 is 12.2 Å². The number of nitrogens with zero attached hydrogens (tertiary/aromatic N) is 4. The molecule has 2 aromatic rings. The van der Waals surface area contributed by atoms with Gasteiger partial charge in [-0.2, -0.15) is 9.97 Å². The number of thiocarbonyl (C=S) groups is 1. The Morgan fingerprint density at radius 3 is 2.40 bits per heavy atom. The Morgan fingerprint density at radius 2 is 1.70 bits per heavy atom. The summed E-state index contributed by atoms with van der Waals surface area (Å²) in [7, 11) is 0. The topological polar surface area (TPSA) is 56.3 Å². The van der Waals surface area contributed by atoms with E-state index in [-0.39, 0.29) is 6.04 Å². The Kier molecular flexibility index (Phi) is 6.67. The quantitative estimate of drug-likeness (QED) is 0.692. The van der Waals surface area contributed by atoms with Crippen LogP contribution in [0.4, 0.5) is 17.6 Å². The Balaban J connectivity index is 1.51. The van der Waals surface area contributed by atoms with Crippen LogP contribution in [0.15, 0.2) is 36.4 Å². The van der Waals surface area contributed by atoms with Crippen LogP contribution in [0.2, 0.25) is 0 Å². The number of hydrogen-bond donors (Lipinski definition) is 2. The van der Waals surface area contributed by atoms with Gasteiger partial charge in [0.1, 0.15) is 11.6 Å². The van der Waals surface area contributed by atoms with Gasteiger partial charge < -0.3 is 20.4 Å². The van der Waals surface area contributed by atoms with Crippen LogP contribution in [0, 0.1) is 5.92 Å². The molecule has 0 unspecified atom stereocenters. The average molecular weight is 425 g/mol. The summed E-state index contributed by atoms with van der Waals surface area (Å²) in [6.07, 6.45) is 4.94. The second kappa shape index (κ2) is 9.60. The molecule has 6 nitrogen and oxygen atoms in total. The van der Waals surface area contributed by atoms with E-state index in [1.54, 1.807) is 0 Å². The molecule has 7 heteroatoms. The van der Waals surface area contributed by atoms with Crippen LogP contribution in [-0.4, -0.2) is 41.3 Å². The molecule has 1 aromatic heterocycles. The van der Waals surface area contributed by atoms with Crippen LogP contribution in [0.1, 0.15) is 51.1 Å². The highest BCUT2D eigenvalue weighted by Crippen LogP contribution is 2.27. The molecular weight excluding hydrogens is 392 g/mol. The average Bonchev–Trinajstić information content (AvgIpc) is 3.29. The van der Waals surface area contributed by atoms with Crippen molar-refractivity contribution in [2.24, 2.45) is 5.92 Å². The summed E-state index contributed by atoms with van der Waals surface area (Å²) < 4.78 is 0. The van der Waals surface area contributed by atoms with Crippen molar-refractivity contribution in [3.8, 4) is 0 Å². The maximum absolute atomic E-state index is 5.58. The third-order valence-corrected chi connectivity index (χ3v) is 6.20. The first-order valence-electron chi connectivity index (χ1n) is 11.1. The van der Waals surface area contributed by atoms with Gasteiger partial charge in [0, 0.05) is 32.2 Å². The second-order valence-corrected chi connectivity index (χ2v) is 8.93. The zero-order valence-corrected chi connectivity index (χ0v) is 18.8. The van der Waals surface area contributed by atoms with Crippen molar-refractivity contribution in [2.75, 3.05) is 41.3 Å². The van der Waals surface area contributed by atoms with Gasteiger partial charge in [-0.05, 0) is 56.3 Å². The molecular formula is C23H32N6S. The van der Waals surface area contributed by atoms with Crippen molar-refractivity contribution in [2.45, 2.75) is 45.6 Å². The predicted molar refractivity (Wildman–Crippen MR) is 128 cm³/mol. The summed E-state index contributed by atoms with van der Waals surface area (Å²) in [5.74, 6) is 3.26. The summed E-state index contributed by atoms with van der Waals surface area (Å²) >= 11 is 5.58. The van der Waals surface area contributed by atoms with Gasteiger partial charge in [0.15, 0.2) is 5.11 Å². The van der Waals surface area contributed by atoms with E-state index in [0.717, 1.165) is 37.8 Å². The second-order valence-electron chi connectivity index (χ2n) is 8.53. The lowest BCUT2D eigenvalue weighted by Crippen LogP contribution is -2.36. The first kappa shape index (κ1) is 20.8. The van der Waals surface area contributed by atoms with Crippen molar-refractivity contribution in [1.29, 1.82) is 0 Å². The highest BCUT2D eigenvalue weighted by Gasteiger charge is 2.22. The summed E-state index contributed by atoms with van der Waals surface area (Å²) in [6, 6.07) is 12.6. The van der Waals surface area contributed by atoms with E-state index in [0.29, 0.717) is 17.0 Å². The zero-order valence-electron chi connectivity index (χ0n) is 18.0. The van der Waals surface area contributed by atoms with Gasteiger partial charge >= 0.3 is 0 Å². The van der Waals surface area contributed by atoms with Gasteiger partial charge in [0.25, 0.3) is 0 Å². The zero-order chi connectivity index (χ0) is 20.9. The number of hydrogen-bond acceptors (Lipinski definition) is 5. The molecule has 1 aromatic carbocycles. The van der Waals surface area contributed by atoms with E-state index >= 15 is 0 Å². The van der Waals surface area contributed by atoms with Crippen LogP contribution in [-0.2, 0) is 0 Å². The highest BCUT2D eigenvalue weighted by atomic mass is 32.1. The molecule has 0 bridgehead atoms. The molecule has 0 spiro atoms. The molecule has 4 rings (SSSR count). The summed E-state index contributed by atoms with van der Waals surface area (Å²) in [4.78, 5) is 14.4. The van der Waals surface area contributed by atoms with Gasteiger partial charge in [-0.3, -0.25) is 0 Å². The molecule has 0 amide bonds. The Hall–Kier alpha value is -2.41. The number of nitrogens with one attached hydrogen (secondary N) is 2. The Morgan fingerprint density at radius 1 is 1.03 bits per heavy atom. The van der Waals surface area contributed by atoms with Crippen LogP contribution in [0.5, 0.6) is 0 Å². The molecule has 30 heavy (non-hydrogen) atoms. The molecule has 0 radical (unpaired) electrons. The molecule has 2 N–H and O–H groups in total. The van der Waals surface area contributed by atoms with Crippen molar-refractivity contribution in [1.82, 2.24) is 15.3 Å². The maximum atomic E-state index is 5.58. The van der Waals surface area contributed by atoms with E-state index < -0.39 is 0 Å². The van der Waals surface area contributed by atoms with E-state index in [9.17, 15) is 0 Å². The number of aromatic nitrogens is 2. The first-order valence-corrected chi connectivity index (χ1v) is 11.5. The molecule has 2 aliphatic rings. The molecule has 2 atom stereocenters. The molecule has 2 aliphatic heterocycles. The minimum Gasteiger partial charge on any atom is -0.356 e. The minimum atomic E-state index is 0.107. The number of piperidine rings is 1. The van der Waals surface area contributed by atoms with E-state index in [1.165, 1.54) is 31.2 Å². The lowest BCUT2D eigenvalue weighted by atomic mass is 10.0. The number of anilines is 3. The van der Waals surface area contributed by atoms with Gasteiger partial charge in [-0.1, -0.05) is 37.3 Å². The number of benzene rings is 1. The van der Waals surface area contributed by atoms with Crippen molar-refractivity contribution < 1.29 is 0 Å². The fourth-order valence-electron chi connectivity index (χ4n) is 4.30. The van der Waals surface area contributed by atoms with Gasteiger partial charge in [0.05, 0.1) is 6.04 Å².